The molecule has 1 N–H and O–H groups in total. The van der Waals surface area contributed by atoms with Crippen LogP contribution in [0.1, 0.15) is 32.1 Å². The Morgan fingerprint density at radius 2 is 1.77 bits per heavy atom. The zero-order valence-corrected chi connectivity index (χ0v) is 10.1. The molecule has 1 aliphatic rings. The summed E-state index contributed by atoms with van der Waals surface area (Å²) in [5.74, 6) is 0.424. The maximum absolute atomic E-state index is 9.95. The van der Waals surface area contributed by atoms with Gasteiger partial charge in [0.1, 0.15) is 0 Å². The van der Waals surface area contributed by atoms with Gasteiger partial charge in [-0.3, -0.25) is 0 Å². The number of hydrogen-bond acceptors (Lipinski definition) is 1. The van der Waals surface area contributed by atoms with Gasteiger partial charge in [-0.2, -0.15) is 0 Å². The van der Waals surface area contributed by atoms with Crippen molar-refractivity contribution in [2.45, 2.75) is 38.2 Å². The largest absolute Gasteiger partial charge is 0.388 e. The molecule has 0 bridgehead atoms. The van der Waals surface area contributed by atoms with E-state index in [1.807, 2.05) is 0 Å². The normalized spacial score (nSPS) is 21.1. The Balaban J connectivity index is 2.49. The minimum atomic E-state index is -0.357. The van der Waals surface area contributed by atoms with E-state index in [1.54, 1.807) is 0 Å². The molecule has 0 saturated heterocycles. The highest BCUT2D eigenvalue weighted by molar-refractivity contribution is 14.1. The molecule has 74 valence electrons. The first kappa shape index (κ1) is 11.2. The van der Waals surface area contributed by atoms with Crippen molar-refractivity contribution in [3.8, 4) is 0 Å². The molecule has 1 saturated carbocycles. The highest BCUT2D eigenvalue weighted by Crippen LogP contribution is 2.31. The average molecular weight is 292 g/mol. The summed E-state index contributed by atoms with van der Waals surface area (Å²) in [5, 5.41) is 9.95. The summed E-state index contributed by atoms with van der Waals surface area (Å²) in [6.45, 7) is 7.67. The van der Waals surface area contributed by atoms with E-state index in [2.05, 4.69) is 35.7 Å². The smallest absolute Gasteiger partial charge is 0.0822 e. The number of aliphatic hydroxyl groups is 1. The lowest BCUT2D eigenvalue weighted by Gasteiger charge is -2.27. The number of halogens is 1. The Morgan fingerprint density at radius 1 is 1.23 bits per heavy atom. The monoisotopic (exact) mass is 292 g/mol. The lowest BCUT2D eigenvalue weighted by atomic mass is 9.83. The van der Waals surface area contributed by atoms with Crippen LogP contribution in [0.4, 0.5) is 0 Å². The van der Waals surface area contributed by atoms with E-state index in [0.717, 1.165) is 22.0 Å². The van der Waals surface area contributed by atoms with Crippen LogP contribution in [0.5, 0.6) is 0 Å². The molecule has 2 heteroatoms. The predicted octanol–water partition coefficient (Wildman–Crippen LogP) is 3.43. The number of hydrogen-bond donors (Lipinski definition) is 1. The summed E-state index contributed by atoms with van der Waals surface area (Å²) in [6, 6.07) is 0. The molecule has 0 heterocycles. The van der Waals surface area contributed by atoms with Crippen molar-refractivity contribution >= 4 is 22.6 Å². The lowest BCUT2D eigenvalue weighted by Crippen LogP contribution is -2.24. The SMILES string of the molecule is C=C(I)C(=C)C(O)C1CCCCC1. The number of rotatable bonds is 3. The fourth-order valence-corrected chi connectivity index (χ4v) is 2.21. The molecule has 0 aromatic rings. The Hall–Kier alpha value is 0.170. The standard InChI is InChI=1S/C11H17IO/c1-8(9(2)12)11(13)10-6-4-3-5-7-10/h10-11,13H,1-7H2. The molecule has 0 aromatic heterocycles. The van der Waals surface area contributed by atoms with Crippen LogP contribution in [0, 0.1) is 5.92 Å². The Bertz CT molecular complexity index is 204. The van der Waals surface area contributed by atoms with Crippen LogP contribution < -0.4 is 0 Å². The second-order valence-electron chi connectivity index (χ2n) is 3.77. The molecule has 0 amide bonds. The second kappa shape index (κ2) is 5.15. The summed E-state index contributed by atoms with van der Waals surface area (Å²) in [4.78, 5) is 0. The van der Waals surface area contributed by atoms with Crippen LogP contribution in [0.2, 0.25) is 0 Å². The van der Waals surface area contributed by atoms with Crippen LogP contribution in [0.25, 0.3) is 0 Å². The van der Waals surface area contributed by atoms with Gasteiger partial charge in [0.15, 0.2) is 0 Å². The number of aliphatic hydroxyl groups excluding tert-OH is 1. The van der Waals surface area contributed by atoms with Gasteiger partial charge >= 0.3 is 0 Å². The Kier molecular flexibility index (Phi) is 4.46. The molecule has 1 nitrogen and oxygen atoms in total. The van der Waals surface area contributed by atoms with E-state index in [1.165, 1.54) is 19.3 Å². The minimum Gasteiger partial charge on any atom is -0.388 e. The average Bonchev–Trinajstić information content (AvgIpc) is 2.17. The van der Waals surface area contributed by atoms with Crippen LogP contribution >= 0.6 is 22.6 Å². The Labute approximate surface area is 94.1 Å². The van der Waals surface area contributed by atoms with Crippen molar-refractivity contribution in [1.82, 2.24) is 0 Å². The third-order valence-corrected chi connectivity index (χ3v) is 3.49. The second-order valence-corrected chi connectivity index (χ2v) is 5.08. The van der Waals surface area contributed by atoms with Gasteiger partial charge in [-0.25, -0.2) is 0 Å². The molecule has 0 radical (unpaired) electrons. The van der Waals surface area contributed by atoms with Gasteiger partial charge < -0.3 is 5.11 Å². The van der Waals surface area contributed by atoms with E-state index in [4.69, 9.17) is 0 Å². The fraction of sp³-hybridized carbons (Fsp3) is 0.636. The molecule has 1 rings (SSSR count). The quantitative estimate of drug-likeness (QED) is 0.624. The zero-order valence-electron chi connectivity index (χ0n) is 7.93. The lowest BCUT2D eigenvalue weighted by molar-refractivity contribution is 0.118. The summed E-state index contributed by atoms with van der Waals surface area (Å²) >= 11 is 2.13. The van der Waals surface area contributed by atoms with Crippen molar-refractivity contribution in [2.24, 2.45) is 5.92 Å². The van der Waals surface area contributed by atoms with E-state index in [0.29, 0.717) is 5.92 Å². The van der Waals surface area contributed by atoms with Gasteiger partial charge in [-0.05, 0) is 46.9 Å². The molecule has 13 heavy (non-hydrogen) atoms. The van der Waals surface area contributed by atoms with Crippen molar-refractivity contribution in [2.75, 3.05) is 0 Å². The summed E-state index contributed by atoms with van der Waals surface area (Å²) in [7, 11) is 0. The van der Waals surface area contributed by atoms with Gasteiger partial charge in [-0.15, -0.1) is 0 Å². The minimum absolute atomic E-state index is 0.357. The molecule has 1 unspecified atom stereocenters. The van der Waals surface area contributed by atoms with Crippen molar-refractivity contribution < 1.29 is 5.11 Å². The van der Waals surface area contributed by atoms with E-state index >= 15 is 0 Å². The van der Waals surface area contributed by atoms with Gasteiger partial charge in [-0.1, -0.05) is 32.4 Å². The van der Waals surface area contributed by atoms with Crippen molar-refractivity contribution in [3.05, 3.63) is 22.3 Å². The molecule has 0 aromatic carbocycles. The third-order valence-electron chi connectivity index (χ3n) is 2.80. The Morgan fingerprint density at radius 3 is 2.23 bits per heavy atom. The molecular weight excluding hydrogens is 275 g/mol. The van der Waals surface area contributed by atoms with Gasteiger partial charge in [0.25, 0.3) is 0 Å². The highest BCUT2D eigenvalue weighted by Gasteiger charge is 2.24. The maximum atomic E-state index is 9.95. The molecule has 1 aliphatic carbocycles. The topological polar surface area (TPSA) is 20.2 Å². The maximum Gasteiger partial charge on any atom is 0.0822 e. The predicted molar refractivity (Wildman–Crippen MR) is 64.9 cm³/mol. The molecule has 1 fully saturated rings. The van der Waals surface area contributed by atoms with Gasteiger partial charge in [0.05, 0.1) is 6.10 Å². The molecular formula is C11H17IO. The first-order valence-corrected chi connectivity index (χ1v) is 5.92. The highest BCUT2D eigenvalue weighted by atomic mass is 127. The van der Waals surface area contributed by atoms with E-state index in [9.17, 15) is 5.11 Å². The third kappa shape index (κ3) is 3.09. The zero-order chi connectivity index (χ0) is 9.84. The van der Waals surface area contributed by atoms with Crippen molar-refractivity contribution in [1.29, 1.82) is 0 Å². The van der Waals surface area contributed by atoms with Crippen LogP contribution in [-0.2, 0) is 0 Å². The van der Waals surface area contributed by atoms with Crippen LogP contribution in [0.15, 0.2) is 22.3 Å². The first-order valence-electron chi connectivity index (χ1n) is 4.84. The summed E-state index contributed by atoms with van der Waals surface area (Å²) < 4.78 is 0.885. The van der Waals surface area contributed by atoms with E-state index < -0.39 is 0 Å². The molecule has 1 atom stereocenters. The van der Waals surface area contributed by atoms with E-state index in [-0.39, 0.29) is 6.10 Å². The van der Waals surface area contributed by atoms with Crippen LogP contribution in [-0.4, -0.2) is 11.2 Å². The molecule has 0 spiro atoms. The van der Waals surface area contributed by atoms with Crippen LogP contribution in [0.3, 0.4) is 0 Å². The fourth-order valence-electron chi connectivity index (χ4n) is 1.89. The summed E-state index contributed by atoms with van der Waals surface area (Å²) in [6.07, 6.45) is 5.75. The molecule has 0 aliphatic heterocycles. The summed E-state index contributed by atoms with van der Waals surface area (Å²) in [5.41, 5.74) is 0.813. The first-order chi connectivity index (χ1) is 6.13. The van der Waals surface area contributed by atoms with Gasteiger partial charge in [0, 0.05) is 3.58 Å². The van der Waals surface area contributed by atoms with Gasteiger partial charge in [0.2, 0.25) is 0 Å². The van der Waals surface area contributed by atoms with Crippen molar-refractivity contribution in [3.63, 3.8) is 0 Å².